The van der Waals surface area contributed by atoms with Crippen molar-refractivity contribution in [1.82, 2.24) is 9.97 Å². The zero-order valence-electron chi connectivity index (χ0n) is 21.2. The fourth-order valence-electron chi connectivity index (χ4n) is 3.59. The Morgan fingerprint density at radius 3 is 2.23 bits per heavy atom. The molecular weight excluding hydrogens is 597 g/mol. The molecule has 40 heavy (non-hydrogen) atoms. The first-order chi connectivity index (χ1) is 18.8. The third kappa shape index (κ3) is 7.07. The third-order valence-corrected chi connectivity index (χ3v) is 8.86. The van der Waals surface area contributed by atoms with Crippen LogP contribution in [0.25, 0.3) is 0 Å². The Kier molecular flexibility index (Phi) is 8.64. The lowest BCUT2D eigenvalue weighted by atomic mass is 10.1. The number of carbonyl (C=O) groups is 1. The molecule has 3 aromatic carbocycles. The van der Waals surface area contributed by atoms with Crippen molar-refractivity contribution in [2.75, 3.05) is 20.6 Å². The summed E-state index contributed by atoms with van der Waals surface area (Å²) in [5.74, 6) is -0.484. The van der Waals surface area contributed by atoms with Gasteiger partial charge in [-0.2, -0.15) is 0 Å². The number of halogens is 2. The van der Waals surface area contributed by atoms with E-state index < -0.39 is 26.0 Å². The fraction of sp³-hybridized carbons (Fsp3) is 0.115. The number of aromatic nitrogens is 2. The average Bonchev–Trinajstić information content (AvgIpc) is 2.89. The summed E-state index contributed by atoms with van der Waals surface area (Å²) < 4.78 is 53.7. The first-order valence-corrected chi connectivity index (χ1v) is 15.7. The number of amides is 1. The molecule has 0 atom stereocenters. The highest BCUT2D eigenvalue weighted by atomic mass is 35.5. The molecule has 0 saturated carbocycles. The Hall–Kier alpha value is -3.71. The quantitative estimate of drug-likeness (QED) is 0.265. The highest BCUT2D eigenvalue weighted by Gasteiger charge is 2.22. The molecule has 1 aromatic heterocycles. The van der Waals surface area contributed by atoms with Gasteiger partial charge in [0.1, 0.15) is 0 Å². The van der Waals surface area contributed by atoms with Crippen molar-refractivity contribution in [3.8, 4) is 0 Å². The maximum atomic E-state index is 12.8. The number of anilines is 3. The zero-order chi connectivity index (χ0) is 29.1. The monoisotopic (exact) mass is 619 g/mol. The van der Waals surface area contributed by atoms with Crippen LogP contribution in [0.1, 0.15) is 21.6 Å². The van der Waals surface area contributed by atoms with E-state index in [1.807, 2.05) is 0 Å². The number of benzene rings is 3. The van der Waals surface area contributed by atoms with E-state index in [-0.39, 0.29) is 33.1 Å². The summed E-state index contributed by atoms with van der Waals surface area (Å²) in [4.78, 5) is 20.7. The van der Waals surface area contributed by atoms with Gasteiger partial charge in [-0.25, -0.2) is 31.5 Å². The van der Waals surface area contributed by atoms with Crippen molar-refractivity contribution in [3.63, 3.8) is 0 Å². The molecule has 0 aliphatic rings. The number of sulfonamides is 2. The lowest BCUT2D eigenvalue weighted by Crippen LogP contribution is -2.29. The number of carbonyl (C=O) groups excluding carboxylic acids is 1. The van der Waals surface area contributed by atoms with Gasteiger partial charge in [0.2, 0.25) is 16.0 Å². The summed E-state index contributed by atoms with van der Waals surface area (Å²) >= 11 is 12.3. The van der Waals surface area contributed by atoms with Crippen molar-refractivity contribution < 1.29 is 21.6 Å². The largest absolute Gasteiger partial charge is 0.322 e. The number of aryl methyl sites for hydroxylation is 1. The standard InChI is InChI=1S/C26H23Cl2N5O5S2/c1-17-14-15-29-26(30-17)32-40(37,38)21-12-10-20(11-13-21)31-25(34)19-8-6-18(7-9-19)16-33(39(2,35)36)23-5-3-4-22(27)24(23)28/h3-15H,16H2,1-2H3,(H,31,34)(H,29,30,32). The first-order valence-electron chi connectivity index (χ1n) is 11.6. The van der Waals surface area contributed by atoms with E-state index >= 15 is 0 Å². The van der Waals surface area contributed by atoms with Gasteiger partial charge in [-0.1, -0.05) is 41.4 Å². The van der Waals surface area contributed by atoms with E-state index in [0.717, 1.165) is 10.6 Å². The number of hydrogen-bond acceptors (Lipinski definition) is 7. The highest BCUT2D eigenvalue weighted by molar-refractivity contribution is 7.92. The topological polar surface area (TPSA) is 138 Å². The summed E-state index contributed by atoms with van der Waals surface area (Å²) in [7, 11) is -7.63. The summed E-state index contributed by atoms with van der Waals surface area (Å²) in [5, 5.41) is 3.04. The minimum atomic E-state index is -3.93. The van der Waals surface area contributed by atoms with E-state index in [1.165, 1.54) is 30.5 Å². The summed E-state index contributed by atoms with van der Waals surface area (Å²) in [6.45, 7) is 1.68. The molecule has 1 amide bonds. The minimum Gasteiger partial charge on any atom is -0.322 e. The van der Waals surface area contributed by atoms with E-state index in [1.54, 1.807) is 55.5 Å². The molecule has 0 fully saturated rings. The van der Waals surface area contributed by atoms with Crippen molar-refractivity contribution >= 4 is 66.5 Å². The number of rotatable bonds is 9. The van der Waals surface area contributed by atoms with Gasteiger partial charge < -0.3 is 5.32 Å². The predicted octanol–water partition coefficient (Wildman–Crippen LogP) is 5.11. The lowest BCUT2D eigenvalue weighted by Gasteiger charge is -2.24. The molecule has 0 unspecified atom stereocenters. The molecule has 1 heterocycles. The molecule has 0 bridgehead atoms. The summed E-state index contributed by atoms with van der Waals surface area (Å²) in [6.07, 6.45) is 2.51. The second-order valence-corrected chi connectivity index (χ2v) is 13.0. The molecular formula is C26H23Cl2N5O5S2. The molecule has 14 heteroatoms. The van der Waals surface area contributed by atoms with Crippen LogP contribution >= 0.6 is 23.2 Å². The molecule has 0 aliphatic heterocycles. The Bertz CT molecular complexity index is 1770. The molecule has 0 saturated heterocycles. The van der Waals surface area contributed by atoms with Gasteiger partial charge in [-0.05, 0) is 67.1 Å². The molecule has 2 N–H and O–H groups in total. The van der Waals surface area contributed by atoms with Crippen LogP contribution < -0.4 is 14.3 Å². The fourth-order valence-corrected chi connectivity index (χ4v) is 5.88. The van der Waals surface area contributed by atoms with Crippen LogP contribution in [0, 0.1) is 6.92 Å². The van der Waals surface area contributed by atoms with E-state index in [4.69, 9.17) is 23.2 Å². The van der Waals surface area contributed by atoms with E-state index in [0.29, 0.717) is 22.5 Å². The SMILES string of the molecule is Cc1ccnc(NS(=O)(=O)c2ccc(NC(=O)c3ccc(CN(c4cccc(Cl)c4Cl)S(C)(=O)=O)cc3)cc2)n1. The van der Waals surface area contributed by atoms with Crippen molar-refractivity contribution in [2.45, 2.75) is 18.4 Å². The zero-order valence-corrected chi connectivity index (χ0v) is 24.3. The maximum absolute atomic E-state index is 12.8. The molecule has 4 rings (SSSR count). The molecule has 208 valence electrons. The number of nitrogens with one attached hydrogen (secondary N) is 2. The first kappa shape index (κ1) is 29.3. The molecule has 0 spiro atoms. The highest BCUT2D eigenvalue weighted by Crippen LogP contribution is 2.34. The number of hydrogen-bond donors (Lipinski definition) is 2. The molecule has 0 radical (unpaired) electrons. The second kappa shape index (κ2) is 11.8. The van der Waals surface area contributed by atoms with Crippen LogP contribution in [0.4, 0.5) is 17.3 Å². The van der Waals surface area contributed by atoms with E-state index in [2.05, 4.69) is 20.0 Å². The number of nitrogens with zero attached hydrogens (tertiary/aromatic N) is 3. The normalized spacial score (nSPS) is 11.6. The summed E-state index contributed by atoms with van der Waals surface area (Å²) in [5.41, 5.74) is 2.14. The lowest BCUT2D eigenvalue weighted by molar-refractivity contribution is 0.102. The van der Waals surface area contributed by atoms with Gasteiger partial charge in [-0.3, -0.25) is 9.10 Å². The maximum Gasteiger partial charge on any atom is 0.264 e. The van der Waals surface area contributed by atoms with Crippen molar-refractivity contribution in [1.29, 1.82) is 0 Å². The van der Waals surface area contributed by atoms with Gasteiger partial charge >= 0.3 is 0 Å². The van der Waals surface area contributed by atoms with Crippen LogP contribution in [-0.4, -0.2) is 39.0 Å². The van der Waals surface area contributed by atoms with Crippen LogP contribution in [0.5, 0.6) is 0 Å². The van der Waals surface area contributed by atoms with Gasteiger partial charge in [0.15, 0.2) is 0 Å². The van der Waals surface area contributed by atoms with Crippen molar-refractivity contribution in [2.24, 2.45) is 0 Å². The Morgan fingerprint density at radius 1 is 0.925 bits per heavy atom. The third-order valence-electron chi connectivity index (χ3n) is 5.59. The second-order valence-electron chi connectivity index (χ2n) is 8.65. The van der Waals surface area contributed by atoms with Gasteiger partial charge in [0.25, 0.3) is 15.9 Å². The van der Waals surface area contributed by atoms with Crippen LogP contribution in [-0.2, 0) is 26.6 Å². The van der Waals surface area contributed by atoms with Crippen LogP contribution in [0.3, 0.4) is 0 Å². The Balaban J connectivity index is 1.44. The van der Waals surface area contributed by atoms with Crippen LogP contribution in [0.2, 0.25) is 10.0 Å². The van der Waals surface area contributed by atoms with E-state index in [9.17, 15) is 21.6 Å². The van der Waals surface area contributed by atoms with Gasteiger partial charge in [0.05, 0.1) is 33.4 Å². The van der Waals surface area contributed by atoms with Crippen molar-refractivity contribution in [3.05, 3.63) is 106 Å². The molecule has 4 aromatic rings. The smallest absolute Gasteiger partial charge is 0.264 e. The minimum absolute atomic E-state index is 0.0294. The van der Waals surface area contributed by atoms with Gasteiger partial charge in [-0.15, -0.1) is 0 Å². The average molecular weight is 621 g/mol. The predicted molar refractivity (Wildman–Crippen MR) is 156 cm³/mol. The molecule has 0 aliphatic carbocycles. The summed E-state index contributed by atoms with van der Waals surface area (Å²) in [6, 6.07) is 18.3. The molecule has 10 nitrogen and oxygen atoms in total. The van der Waals surface area contributed by atoms with Gasteiger partial charge in [0, 0.05) is 23.1 Å². The van der Waals surface area contributed by atoms with Crippen LogP contribution in [0.15, 0.2) is 83.9 Å². The Labute approximate surface area is 242 Å². The Morgan fingerprint density at radius 2 is 1.60 bits per heavy atom.